The maximum absolute atomic E-state index is 13.4. The summed E-state index contributed by atoms with van der Waals surface area (Å²) in [6.07, 6.45) is -0.776. The summed E-state index contributed by atoms with van der Waals surface area (Å²) in [6.45, 7) is 0.529. The summed E-state index contributed by atoms with van der Waals surface area (Å²) < 4.78 is 32.4. The molecule has 3 amide bonds. The van der Waals surface area contributed by atoms with Crippen LogP contribution in [0.15, 0.2) is 36.4 Å². The molecule has 1 atom stereocenters. The van der Waals surface area contributed by atoms with E-state index in [1.165, 1.54) is 4.90 Å². The van der Waals surface area contributed by atoms with Crippen LogP contribution < -0.4 is 15.5 Å². The Morgan fingerprint density at radius 3 is 2.56 bits per heavy atom. The van der Waals surface area contributed by atoms with E-state index in [1.54, 1.807) is 41.3 Å². The molecule has 2 aromatic rings. The van der Waals surface area contributed by atoms with Crippen molar-refractivity contribution in [2.75, 3.05) is 49.6 Å². The molecule has 0 radical (unpaired) electrons. The van der Waals surface area contributed by atoms with Gasteiger partial charge in [0.15, 0.2) is 0 Å². The van der Waals surface area contributed by atoms with Crippen LogP contribution in [0, 0.1) is 5.92 Å². The van der Waals surface area contributed by atoms with Crippen LogP contribution in [0.3, 0.4) is 0 Å². The molecule has 0 bridgehead atoms. The van der Waals surface area contributed by atoms with Crippen LogP contribution in [0.4, 0.5) is 20.2 Å². The molecule has 2 N–H and O–H groups in total. The normalized spacial score (nSPS) is 16.9. The molecular weight excluding hydrogens is 514 g/mol. The first-order chi connectivity index (χ1) is 17.3. The second-order valence-corrected chi connectivity index (χ2v) is 10.5. The van der Waals surface area contributed by atoms with Crippen molar-refractivity contribution in [1.29, 1.82) is 0 Å². The van der Waals surface area contributed by atoms with Crippen molar-refractivity contribution in [3.8, 4) is 0 Å². The molecule has 1 saturated heterocycles. The number of alkyl halides is 2. The summed E-state index contributed by atoms with van der Waals surface area (Å²) >= 11 is 7.00. The van der Waals surface area contributed by atoms with Gasteiger partial charge in [0.1, 0.15) is 12.6 Å². The number of nitrogens with zero attached hydrogens (tertiary/aromatic N) is 2. The van der Waals surface area contributed by atoms with Gasteiger partial charge in [-0.15, -0.1) is 11.3 Å². The van der Waals surface area contributed by atoms with Gasteiger partial charge in [0.25, 0.3) is 18.2 Å². The highest BCUT2D eigenvalue weighted by atomic mass is 35.5. The standard InChI is InChI=1S/C24H27ClF2N4O4S/c25-20-8-7-19(36-20)24(34)28-11-18(30(13-21(26)27)12-15-1-2-15)23(33)29-16-3-5-17(6-4-16)31-9-10-35-14-22(31)32/h3-8,15,18,21H,1-2,9-14H2,(H,28,34)(H,29,33). The fourth-order valence-electron chi connectivity index (χ4n) is 3.98. The van der Waals surface area contributed by atoms with Gasteiger partial charge in [-0.3, -0.25) is 19.3 Å². The first-order valence-electron chi connectivity index (χ1n) is 11.6. The van der Waals surface area contributed by atoms with Crippen molar-refractivity contribution < 1.29 is 27.9 Å². The second-order valence-electron chi connectivity index (χ2n) is 8.75. The zero-order chi connectivity index (χ0) is 25.7. The van der Waals surface area contributed by atoms with Gasteiger partial charge >= 0.3 is 0 Å². The molecule has 1 saturated carbocycles. The molecule has 1 aliphatic carbocycles. The average Bonchev–Trinajstić information content (AvgIpc) is 3.55. The zero-order valence-corrected chi connectivity index (χ0v) is 21.0. The molecule has 2 aliphatic rings. The summed E-state index contributed by atoms with van der Waals surface area (Å²) in [5, 5.41) is 5.47. The number of amides is 3. The molecule has 8 nitrogen and oxygen atoms in total. The Bertz CT molecular complexity index is 1080. The van der Waals surface area contributed by atoms with Crippen molar-refractivity contribution in [3.63, 3.8) is 0 Å². The van der Waals surface area contributed by atoms with Crippen LogP contribution in [0.25, 0.3) is 0 Å². The number of thiophene rings is 1. The number of anilines is 2. The van der Waals surface area contributed by atoms with E-state index in [0.717, 1.165) is 24.2 Å². The summed E-state index contributed by atoms with van der Waals surface area (Å²) in [4.78, 5) is 41.3. The van der Waals surface area contributed by atoms with Gasteiger partial charge in [0.2, 0.25) is 5.91 Å². The van der Waals surface area contributed by atoms with Gasteiger partial charge in [-0.25, -0.2) is 8.78 Å². The number of benzene rings is 1. The van der Waals surface area contributed by atoms with E-state index in [9.17, 15) is 23.2 Å². The molecular formula is C24H27ClF2N4O4S. The molecule has 12 heteroatoms. The number of nitrogens with one attached hydrogen (secondary N) is 2. The van der Waals surface area contributed by atoms with Crippen LogP contribution >= 0.6 is 22.9 Å². The number of ether oxygens (including phenoxy) is 1. The molecule has 2 fully saturated rings. The predicted octanol–water partition coefficient (Wildman–Crippen LogP) is 3.48. The van der Waals surface area contributed by atoms with Crippen molar-refractivity contribution in [3.05, 3.63) is 45.6 Å². The highest BCUT2D eigenvalue weighted by molar-refractivity contribution is 7.18. The minimum atomic E-state index is -2.63. The predicted molar refractivity (Wildman–Crippen MR) is 134 cm³/mol. The summed E-state index contributed by atoms with van der Waals surface area (Å²) in [5.41, 5.74) is 1.13. The minimum Gasteiger partial charge on any atom is -0.370 e. The van der Waals surface area contributed by atoms with Crippen LogP contribution in [0.5, 0.6) is 0 Å². The quantitative estimate of drug-likeness (QED) is 0.455. The number of hydrogen-bond donors (Lipinski definition) is 2. The molecule has 2 heterocycles. The van der Waals surface area contributed by atoms with Crippen molar-refractivity contribution in [2.24, 2.45) is 5.92 Å². The number of morpholine rings is 1. The zero-order valence-electron chi connectivity index (χ0n) is 19.4. The second kappa shape index (κ2) is 12.1. The Balaban J connectivity index is 1.46. The van der Waals surface area contributed by atoms with E-state index in [4.69, 9.17) is 16.3 Å². The highest BCUT2D eigenvalue weighted by Crippen LogP contribution is 2.31. The van der Waals surface area contributed by atoms with Gasteiger partial charge in [-0.1, -0.05) is 11.6 Å². The van der Waals surface area contributed by atoms with E-state index in [-0.39, 0.29) is 25.0 Å². The van der Waals surface area contributed by atoms with Gasteiger partial charge in [0.05, 0.1) is 22.4 Å². The van der Waals surface area contributed by atoms with Gasteiger partial charge in [0, 0.05) is 31.0 Å². The topological polar surface area (TPSA) is 91.0 Å². The smallest absolute Gasteiger partial charge is 0.261 e. The fraction of sp³-hybridized carbons (Fsp3) is 0.458. The lowest BCUT2D eigenvalue weighted by Crippen LogP contribution is -2.52. The highest BCUT2D eigenvalue weighted by Gasteiger charge is 2.34. The molecule has 1 aromatic carbocycles. The third kappa shape index (κ3) is 7.22. The van der Waals surface area contributed by atoms with Crippen molar-refractivity contribution >= 4 is 52.0 Å². The first kappa shape index (κ1) is 26.5. The van der Waals surface area contributed by atoms with E-state index < -0.39 is 30.8 Å². The maximum atomic E-state index is 13.4. The molecule has 194 valence electrons. The summed E-state index contributed by atoms with van der Waals surface area (Å²) in [7, 11) is 0. The maximum Gasteiger partial charge on any atom is 0.261 e. The fourth-order valence-corrected chi connectivity index (χ4v) is 4.94. The van der Waals surface area contributed by atoms with Crippen LogP contribution in [0.2, 0.25) is 4.34 Å². The number of carbonyl (C=O) groups is 3. The monoisotopic (exact) mass is 540 g/mol. The third-order valence-electron chi connectivity index (χ3n) is 5.99. The lowest BCUT2D eigenvalue weighted by Gasteiger charge is -2.31. The van der Waals surface area contributed by atoms with Gasteiger partial charge in [-0.05, 0) is 55.2 Å². The number of halogens is 3. The molecule has 36 heavy (non-hydrogen) atoms. The Labute approximate surface area is 216 Å². The summed E-state index contributed by atoms with van der Waals surface area (Å²) in [6, 6.07) is 8.87. The van der Waals surface area contributed by atoms with E-state index in [0.29, 0.717) is 40.3 Å². The lowest BCUT2D eigenvalue weighted by molar-refractivity contribution is -0.125. The Morgan fingerprint density at radius 2 is 1.94 bits per heavy atom. The van der Waals surface area contributed by atoms with Gasteiger partial charge in [-0.2, -0.15) is 0 Å². The molecule has 1 aliphatic heterocycles. The molecule has 1 aromatic heterocycles. The lowest BCUT2D eigenvalue weighted by atomic mass is 10.1. The van der Waals surface area contributed by atoms with Crippen LogP contribution in [-0.4, -0.2) is 74.5 Å². The SMILES string of the molecule is O=C(NCC(C(=O)Nc1ccc(N2CCOCC2=O)cc1)N(CC(F)F)CC1CC1)c1ccc(Cl)s1. The van der Waals surface area contributed by atoms with E-state index in [1.807, 2.05) is 0 Å². The minimum absolute atomic E-state index is 0.0184. The van der Waals surface area contributed by atoms with Crippen LogP contribution in [-0.2, 0) is 14.3 Å². The Hall–Kier alpha value is -2.60. The number of carbonyl (C=O) groups excluding carboxylic acids is 3. The summed E-state index contributed by atoms with van der Waals surface area (Å²) in [5.74, 6) is -0.816. The molecule has 0 spiro atoms. The van der Waals surface area contributed by atoms with Crippen molar-refractivity contribution in [1.82, 2.24) is 10.2 Å². The third-order valence-corrected chi connectivity index (χ3v) is 7.22. The number of hydrogen-bond acceptors (Lipinski definition) is 6. The van der Waals surface area contributed by atoms with Crippen LogP contribution in [0.1, 0.15) is 22.5 Å². The van der Waals surface area contributed by atoms with Crippen molar-refractivity contribution in [2.45, 2.75) is 25.3 Å². The Morgan fingerprint density at radius 1 is 1.19 bits per heavy atom. The number of rotatable bonds is 11. The van der Waals surface area contributed by atoms with Gasteiger partial charge < -0.3 is 20.3 Å². The van der Waals surface area contributed by atoms with E-state index >= 15 is 0 Å². The first-order valence-corrected chi connectivity index (χ1v) is 12.8. The average molecular weight is 541 g/mol. The molecule has 4 rings (SSSR count). The molecule has 1 unspecified atom stereocenters. The van der Waals surface area contributed by atoms with E-state index in [2.05, 4.69) is 10.6 Å². The largest absolute Gasteiger partial charge is 0.370 e. The Kier molecular flexibility index (Phi) is 8.89.